The molecule has 62 heavy (non-hydrogen) atoms. The van der Waals surface area contributed by atoms with Crippen molar-refractivity contribution >= 4 is 31.5 Å². The summed E-state index contributed by atoms with van der Waals surface area (Å²) in [6.07, 6.45) is 0. The predicted molar refractivity (Wildman–Crippen MR) is 259 cm³/mol. The van der Waals surface area contributed by atoms with Gasteiger partial charge < -0.3 is 0 Å². The summed E-state index contributed by atoms with van der Waals surface area (Å²) in [5.74, 6) is 0.692. The Morgan fingerprint density at radius 1 is 0.323 bits per heavy atom. The molecule has 1 aliphatic rings. The minimum Gasteiger partial charge on any atom is -0.228 e. The largest absolute Gasteiger partial charge is 0.228 e. The molecule has 0 spiro atoms. The molecule has 0 unspecified atom stereocenters. The van der Waals surface area contributed by atoms with Crippen LogP contribution in [0.5, 0.6) is 0 Å². The maximum Gasteiger partial charge on any atom is 0.160 e. The standard InChI is InChI=1S/C59H38N2S/c1-4-15-39(16-5-1)40-27-33-43(34-28-40)58-60-54(42-31-29-41(30-32-42)47-23-14-24-51-50-22-11-13-26-56(50)62-57(47)51)38-55(61-58)44-35-36-49-48-21-10-12-25-52(48)59(53(49)37-44,45-17-6-2-7-18-45)46-19-8-3-9-20-46/h1-38H. The molecule has 2 aromatic heterocycles. The summed E-state index contributed by atoms with van der Waals surface area (Å²) in [6, 6.07) is 83.3. The van der Waals surface area contributed by atoms with Crippen LogP contribution in [-0.4, -0.2) is 9.97 Å². The Morgan fingerprint density at radius 2 is 0.839 bits per heavy atom. The summed E-state index contributed by atoms with van der Waals surface area (Å²) >= 11 is 1.86. The maximum absolute atomic E-state index is 5.38. The van der Waals surface area contributed by atoms with Gasteiger partial charge in [-0.25, -0.2) is 9.97 Å². The Hall–Kier alpha value is -7.72. The molecule has 2 nitrogen and oxygen atoms in total. The van der Waals surface area contributed by atoms with Crippen molar-refractivity contribution in [2.75, 3.05) is 0 Å². The average molecular weight is 807 g/mol. The smallest absolute Gasteiger partial charge is 0.160 e. The zero-order valence-electron chi connectivity index (χ0n) is 33.7. The van der Waals surface area contributed by atoms with Gasteiger partial charge in [0.2, 0.25) is 0 Å². The highest BCUT2D eigenvalue weighted by atomic mass is 32.1. The number of hydrogen-bond acceptors (Lipinski definition) is 3. The second-order valence-electron chi connectivity index (χ2n) is 16.1. The fourth-order valence-electron chi connectivity index (χ4n) is 9.71. The van der Waals surface area contributed by atoms with Crippen LogP contribution in [0.15, 0.2) is 231 Å². The first-order valence-electron chi connectivity index (χ1n) is 21.1. The second kappa shape index (κ2) is 14.8. The molecule has 290 valence electrons. The first-order valence-corrected chi connectivity index (χ1v) is 22.0. The van der Waals surface area contributed by atoms with Gasteiger partial charge in [-0.15, -0.1) is 11.3 Å². The lowest BCUT2D eigenvalue weighted by Gasteiger charge is -2.34. The molecule has 3 heteroatoms. The van der Waals surface area contributed by atoms with Gasteiger partial charge in [0.05, 0.1) is 16.8 Å². The quantitative estimate of drug-likeness (QED) is 0.160. The molecule has 0 saturated carbocycles. The summed E-state index contributed by atoms with van der Waals surface area (Å²) in [7, 11) is 0. The lowest BCUT2D eigenvalue weighted by atomic mass is 9.67. The van der Waals surface area contributed by atoms with Crippen LogP contribution >= 0.6 is 11.3 Å². The van der Waals surface area contributed by atoms with E-state index >= 15 is 0 Å². The van der Waals surface area contributed by atoms with E-state index in [1.54, 1.807) is 0 Å². The Bertz CT molecular complexity index is 3390. The molecular weight excluding hydrogens is 769 g/mol. The van der Waals surface area contributed by atoms with Crippen LogP contribution in [-0.2, 0) is 5.41 Å². The molecule has 12 rings (SSSR count). The van der Waals surface area contributed by atoms with Gasteiger partial charge in [-0.1, -0.05) is 212 Å². The van der Waals surface area contributed by atoms with E-state index in [4.69, 9.17) is 9.97 Å². The third kappa shape index (κ3) is 5.85. The average Bonchev–Trinajstić information content (AvgIpc) is 3.89. The van der Waals surface area contributed by atoms with E-state index < -0.39 is 5.41 Å². The zero-order valence-corrected chi connectivity index (χ0v) is 34.6. The van der Waals surface area contributed by atoms with Gasteiger partial charge in [0.1, 0.15) is 0 Å². The summed E-state index contributed by atoms with van der Waals surface area (Å²) in [5.41, 5.74) is 16.6. The summed E-state index contributed by atoms with van der Waals surface area (Å²) in [5, 5.41) is 2.61. The van der Waals surface area contributed by atoms with Crippen molar-refractivity contribution < 1.29 is 0 Å². The Labute approximate surface area is 365 Å². The number of fused-ring (bicyclic) bond motifs is 6. The van der Waals surface area contributed by atoms with Crippen molar-refractivity contribution in [1.29, 1.82) is 0 Å². The highest BCUT2D eigenvalue weighted by Crippen LogP contribution is 2.56. The number of rotatable bonds is 7. The van der Waals surface area contributed by atoms with Crippen LogP contribution < -0.4 is 0 Å². The molecule has 0 N–H and O–H groups in total. The van der Waals surface area contributed by atoms with Crippen LogP contribution in [0.25, 0.3) is 87.5 Å². The van der Waals surface area contributed by atoms with Gasteiger partial charge >= 0.3 is 0 Å². The van der Waals surface area contributed by atoms with Crippen molar-refractivity contribution in [3.63, 3.8) is 0 Å². The maximum atomic E-state index is 5.38. The van der Waals surface area contributed by atoms with E-state index in [1.165, 1.54) is 70.2 Å². The molecule has 9 aromatic carbocycles. The highest BCUT2D eigenvalue weighted by molar-refractivity contribution is 7.26. The number of thiophene rings is 1. The molecule has 0 fully saturated rings. The molecule has 0 amide bonds. The number of hydrogen-bond donors (Lipinski definition) is 0. The highest BCUT2D eigenvalue weighted by Gasteiger charge is 2.46. The summed E-state index contributed by atoms with van der Waals surface area (Å²) in [6.45, 7) is 0. The van der Waals surface area contributed by atoms with Crippen molar-refractivity contribution in [3.8, 4) is 67.3 Å². The van der Waals surface area contributed by atoms with Crippen molar-refractivity contribution in [2.24, 2.45) is 0 Å². The van der Waals surface area contributed by atoms with Crippen LogP contribution in [0.4, 0.5) is 0 Å². The molecular formula is C59H38N2S. The monoisotopic (exact) mass is 806 g/mol. The van der Waals surface area contributed by atoms with Crippen molar-refractivity contribution in [1.82, 2.24) is 9.97 Å². The molecule has 0 saturated heterocycles. The van der Waals surface area contributed by atoms with Gasteiger partial charge in [0.25, 0.3) is 0 Å². The summed E-state index contributed by atoms with van der Waals surface area (Å²) in [4.78, 5) is 10.7. The first-order chi connectivity index (χ1) is 30.7. The Balaban J connectivity index is 1.02. The topological polar surface area (TPSA) is 25.8 Å². The van der Waals surface area contributed by atoms with Crippen LogP contribution in [0.3, 0.4) is 0 Å². The first kappa shape index (κ1) is 36.2. The zero-order chi connectivity index (χ0) is 41.0. The Morgan fingerprint density at radius 3 is 1.58 bits per heavy atom. The summed E-state index contributed by atoms with van der Waals surface area (Å²) < 4.78 is 2.62. The van der Waals surface area contributed by atoms with E-state index in [9.17, 15) is 0 Å². The Kier molecular flexibility index (Phi) is 8.62. The number of aromatic nitrogens is 2. The van der Waals surface area contributed by atoms with Gasteiger partial charge in [-0.05, 0) is 73.8 Å². The number of benzene rings is 9. The normalized spacial score (nSPS) is 12.6. The van der Waals surface area contributed by atoms with Gasteiger partial charge in [0.15, 0.2) is 5.82 Å². The van der Waals surface area contributed by atoms with E-state index in [2.05, 4.69) is 231 Å². The third-order valence-electron chi connectivity index (χ3n) is 12.6. The van der Waals surface area contributed by atoms with Crippen LogP contribution in [0.2, 0.25) is 0 Å². The SMILES string of the molecule is c1ccc(-c2ccc(-c3nc(-c4ccc(-c5cccc6c5sc5ccccc56)cc4)cc(-c4ccc5c(c4)C(c4ccccc4)(c4ccccc4)c4ccccc4-5)n3)cc2)cc1. The minimum atomic E-state index is -0.510. The van der Waals surface area contributed by atoms with Gasteiger partial charge in [-0.3, -0.25) is 0 Å². The van der Waals surface area contributed by atoms with Gasteiger partial charge in [-0.2, -0.15) is 0 Å². The molecule has 2 heterocycles. The molecule has 0 atom stereocenters. The molecule has 0 bridgehead atoms. The van der Waals surface area contributed by atoms with E-state index in [0.717, 1.165) is 33.6 Å². The lowest BCUT2D eigenvalue weighted by molar-refractivity contribution is 0.768. The van der Waals surface area contributed by atoms with Crippen molar-refractivity contribution in [2.45, 2.75) is 5.41 Å². The molecule has 0 radical (unpaired) electrons. The second-order valence-corrected chi connectivity index (χ2v) is 17.1. The van der Waals surface area contributed by atoms with Gasteiger partial charge in [0, 0.05) is 36.9 Å². The van der Waals surface area contributed by atoms with Crippen LogP contribution in [0.1, 0.15) is 22.3 Å². The number of nitrogens with zero attached hydrogens (tertiary/aromatic N) is 2. The lowest BCUT2D eigenvalue weighted by Crippen LogP contribution is -2.28. The van der Waals surface area contributed by atoms with E-state index in [1.807, 2.05) is 11.3 Å². The van der Waals surface area contributed by atoms with Crippen LogP contribution in [0, 0.1) is 0 Å². The van der Waals surface area contributed by atoms with Crippen molar-refractivity contribution in [3.05, 3.63) is 253 Å². The predicted octanol–water partition coefficient (Wildman–Crippen LogP) is 15.5. The van der Waals surface area contributed by atoms with E-state index in [0.29, 0.717) is 5.82 Å². The fraction of sp³-hybridized carbons (Fsp3) is 0.0169. The molecule has 11 aromatic rings. The molecule has 1 aliphatic carbocycles. The minimum absolute atomic E-state index is 0.510. The fourth-order valence-corrected chi connectivity index (χ4v) is 11.0. The molecule has 0 aliphatic heterocycles. The van der Waals surface area contributed by atoms with E-state index in [-0.39, 0.29) is 0 Å². The third-order valence-corrected chi connectivity index (χ3v) is 13.8.